The van der Waals surface area contributed by atoms with Crippen LogP contribution < -0.4 is 10.6 Å². The zero-order chi connectivity index (χ0) is 10.4. The summed E-state index contributed by atoms with van der Waals surface area (Å²) in [4.78, 5) is 0. The average molecular weight is 138 g/mol. The number of para-hydroxylation sites is 2. The monoisotopic (exact) mass is 138 g/mol. The first-order valence-electron chi connectivity index (χ1n) is 5.08. The zero-order valence-electron chi connectivity index (χ0n) is 9.31. The van der Waals surface area contributed by atoms with E-state index in [2.05, 4.69) is 10.6 Å². The Hall–Kier alpha value is -1.18. The Balaban J connectivity index is 2.46. The van der Waals surface area contributed by atoms with Gasteiger partial charge < -0.3 is 10.6 Å². The zero-order valence-corrected chi connectivity index (χ0v) is 5.31. The molecule has 0 radical (unpaired) electrons. The molecule has 1 heterocycles. The third kappa shape index (κ3) is 0.817. The lowest BCUT2D eigenvalue weighted by molar-refractivity contribution is 1.05. The van der Waals surface area contributed by atoms with Gasteiger partial charge >= 0.3 is 0 Å². The molecular weight excluding hydrogens is 124 g/mol. The van der Waals surface area contributed by atoms with Gasteiger partial charge in [0.25, 0.3) is 0 Å². The summed E-state index contributed by atoms with van der Waals surface area (Å²) >= 11 is 0. The fraction of sp³-hybridized carbons (Fsp3) is 0.250. The number of fused-ring (bicyclic) bond motifs is 1. The van der Waals surface area contributed by atoms with E-state index in [-0.39, 0.29) is 0 Å². The predicted octanol–water partition coefficient (Wildman–Crippen LogP) is 1.52. The second-order valence-electron chi connectivity index (χ2n) is 2.05. The van der Waals surface area contributed by atoms with Crippen LogP contribution in [0.4, 0.5) is 11.4 Å². The normalized spacial score (nSPS) is 30.8. The van der Waals surface area contributed by atoms with Gasteiger partial charge in [-0.25, -0.2) is 0 Å². The average Bonchev–Trinajstić information content (AvgIpc) is 2.05. The lowest BCUT2D eigenvalue weighted by atomic mass is 10.2. The van der Waals surface area contributed by atoms with Gasteiger partial charge in [-0.3, -0.25) is 0 Å². The number of hydrogen-bond donors (Lipinski definition) is 2. The first-order valence-corrected chi connectivity index (χ1v) is 3.08. The van der Waals surface area contributed by atoms with Crippen LogP contribution in [0.1, 0.15) is 5.48 Å². The van der Waals surface area contributed by atoms with Crippen molar-refractivity contribution < 1.29 is 5.48 Å². The fourth-order valence-electron chi connectivity index (χ4n) is 0.898. The Labute approximate surface area is 65.9 Å². The molecule has 1 aliphatic heterocycles. The van der Waals surface area contributed by atoms with Crippen molar-refractivity contribution in [1.29, 1.82) is 0 Å². The minimum Gasteiger partial charge on any atom is -0.382 e. The van der Waals surface area contributed by atoms with E-state index in [1.807, 2.05) is 0 Å². The number of benzene rings is 1. The Kier molecular flexibility index (Phi) is 0.625. The van der Waals surface area contributed by atoms with Gasteiger partial charge in [0.2, 0.25) is 0 Å². The highest BCUT2D eigenvalue weighted by Crippen LogP contribution is 2.22. The molecule has 0 unspecified atom stereocenters. The van der Waals surface area contributed by atoms with Crippen molar-refractivity contribution in [2.75, 3.05) is 23.6 Å². The molecule has 10 heavy (non-hydrogen) atoms. The van der Waals surface area contributed by atoms with E-state index < -0.39 is 13.0 Å². The number of anilines is 2. The molecule has 0 aliphatic carbocycles. The summed E-state index contributed by atoms with van der Waals surface area (Å²) in [7, 11) is 0. The molecule has 0 saturated carbocycles. The molecule has 2 nitrogen and oxygen atoms in total. The quantitative estimate of drug-likeness (QED) is 0.568. The van der Waals surface area contributed by atoms with Crippen LogP contribution in [0.15, 0.2) is 24.3 Å². The van der Waals surface area contributed by atoms with Crippen molar-refractivity contribution in [3.05, 3.63) is 24.3 Å². The molecular formula is C8H10N2. The molecule has 0 spiro atoms. The van der Waals surface area contributed by atoms with E-state index in [1.165, 1.54) is 0 Å². The summed E-state index contributed by atoms with van der Waals surface area (Å²) in [5.74, 6) is 0. The third-order valence-corrected chi connectivity index (χ3v) is 1.38. The van der Waals surface area contributed by atoms with Crippen LogP contribution in [0.25, 0.3) is 0 Å². The van der Waals surface area contributed by atoms with Gasteiger partial charge in [0.05, 0.1) is 16.9 Å². The van der Waals surface area contributed by atoms with Crippen molar-refractivity contribution in [1.82, 2.24) is 0 Å². The number of nitrogens with one attached hydrogen (secondary N) is 2. The van der Waals surface area contributed by atoms with E-state index in [0.717, 1.165) is 0 Å². The molecule has 1 aromatic rings. The minimum atomic E-state index is -2.11. The van der Waals surface area contributed by atoms with Gasteiger partial charge in [0.1, 0.15) is 0 Å². The highest BCUT2D eigenvalue weighted by Gasteiger charge is 2.03. The second-order valence-corrected chi connectivity index (χ2v) is 2.05. The first-order chi connectivity index (χ1) is 6.42. The lowest BCUT2D eigenvalue weighted by Crippen LogP contribution is -2.19. The summed E-state index contributed by atoms with van der Waals surface area (Å²) < 4.78 is 29.9. The van der Waals surface area contributed by atoms with Crippen molar-refractivity contribution in [3.8, 4) is 0 Å². The fourth-order valence-corrected chi connectivity index (χ4v) is 0.898. The summed E-state index contributed by atoms with van der Waals surface area (Å²) in [6, 6.07) is 6.94. The largest absolute Gasteiger partial charge is 0.382 e. The van der Waals surface area contributed by atoms with E-state index >= 15 is 0 Å². The van der Waals surface area contributed by atoms with E-state index in [9.17, 15) is 0 Å². The van der Waals surface area contributed by atoms with Crippen molar-refractivity contribution in [2.45, 2.75) is 0 Å². The maximum absolute atomic E-state index is 7.48. The molecule has 2 heteroatoms. The van der Waals surface area contributed by atoms with Crippen molar-refractivity contribution in [3.63, 3.8) is 0 Å². The summed E-state index contributed by atoms with van der Waals surface area (Å²) in [5, 5.41) is 5.04. The van der Waals surface area contributed by atoms with Gasteiger partial charge in [-0.15, -0.1) is 0 Å². The van der Waals surface area contributed by atoms with Gasteiger partial charge in [0.15, 0.2) is 0 Å². The third-order valence-electron chi connectivity index (χ3n) is 1.38. The lowest BCUT2D eigenvalue weighted by Gasteiger charge is -2.18. The van der Waals surface area contributed by atoms with Crippen LogP contribution in [0, 0.1) is 0 Å². The molecule has 0 saturated heterocycles. The molecule has 1 aromatic carbocycles. The van der Waals surface area contributed by atoms with Crippen LogP contribution in [0.2, 0.25) is 0 Å². The molecule has 52 valence electrons. The van der Waals surface area contributed by atoms with Crippen LogP contribution in [0.3, 0.4) is 0 Å². The smallest absolute Gasteiger partial charge is 0.0576 e. The summed E-state index contributed by atoms with van der Waals surface area (Å²) in [5.41, 5.74) is 1.15. The Bertz CT molecular complexity index is 329. The maximum Gasteiger partial charge on any atom is 0.0576 e. The van der Waals surface area contributed by atoms with Crippen LogP contribution in [0.5, 0.6) is 0 Å². The molecule has 0 atom stereocenters. The Morgan fingerprint density at radius 3 is 2.10 bits per heavy atom. The maximum atomic E-state index is 7.48. The topological polar surface area (TPSA) is 24.1 Å². The predicted molar refractivity (Wildman–Crippen MR) is 43.4 cm³/mol. The van der Waals surface area contributed by atoms with Crippen LogP contribution >= 0.6 is 0 Å². The molecule has 0 bridgehead atoms. The molecule has 0 amide bonds. The Morgan fingerprint density at radius 1 is 1.10 bits per heavy atom. The SMILES string of the molecule is [2H]C1([2H])Nc2ccccc2NC1([2H])[2H]. The highest BCUT2D eigenvalue weighted by atomic mass is 15.0. The summed E-state index contributed by atoms with van der Waals surface area (Å²) in [6.45, 7) is -4.22. The summed E-state index contributed by atoms with van der Waals surface area (Å²) in [6.07, 6.45) is 0. The van der Waals surface area contributed by atoms with Gasteiger partial charge in [-0.05, 0) is 12.1 Å². The Morgan fingerprint density at radius 2 is 1.60 bits per heavy atom. The minimum absolute atomic E-state index is 0.577. The second kappa shape index (κ2) is 2.21. The molecule has 0 aromatic heterocycles. The van der Waals surface area contributed by atoms with Crippen LogP contribution in [-0.2, 0) is 0 Å². The number of hydrogen-bond acceptors (Lipinski definition) is 2. The molecule has 2 rings (SSSR count). The molecule has 1 aliphatic rings. The highest BCUT2D eigenvalue weighted by molar-refractivity contribution is 5.70. The van der Waals surface area contributed by atoms with Crippen molar-refractivity contribution in [2.24, 2.45) is 0 Å². The van der Waals surface area contributed by atoms with Gasteiger partial charge in [-0.1, -0.05) is 12.1 Å². The molecule has 2 N–H and O–H groups in total. The van der Waals surface area contributed by atoms with Gasteiger partial charge in [0, 0.05) is 13.0 Å². The van der Waals surface area contributed by atoms with E-state index in [1.54, 1.807) is 24.3 Å². The number of rotatable bonds is 0. The van der Waals surface area contributed by atoms with Crippen LogP contribution in [-0.4, -0.2) is 13.0 Å². The molecule has 0 fully saturated rings. The van der Waals surface area contributed by atoms with E-state index in [4.69, 9.17) is 5.48 Å². The van der Waals surface area contributed by atoms with Gasteiger partial charge in [-0.2, -0.15) is 0 Å². The van der Waals surface area contributed by atoms with Crippen molar-refractivity contribution >= 4 is 11.4 Å². The first kappa shape index (κ1) is 2.82. The standard InChI is InChI=1S/C8H10N2/c1-2-4-8-7(3-1)9-5-6-10-8/h1-4,9-10H,5-6H2/i5D2,6D2. The van der Waals surface area contributed by atoms with E-state index in [0.29, 0.717) is 11.4 Å².